The van der Waals surface area contributed by atoms with Crippen LogP contribution >= 0.6 is 27.3 Å². The summed E-state index contributed by atoms with van der Waals surface area (Å²) in [7, 11) is 3.17. The van der Waals surface area contributed by atoms with E-state index in [0.29, 0.717) is 17.9 Å². The summed E-state index contributed by atoms with van der Waals surface area (Å²) in [4.78, 5) is 12.2. The number of halogens is 1. The van der Waals surface area contributed by atoms with Crippen LogP contribution < -0.4 is 9.47 Å². The Labute approximate surface area is 124 Å². The number of ether oxygens (including phenoxy) is 2. The average Bonchev–Trinajstić information content (AvgIpc) is 2.85. The number of carbonyl (C=O) groups is 1. The zero-order valence-electron chi connectivity index (χ0n) is 10.6. The predicted molar refractivity (Wildman–Crippen MR) is 79.6 cm³/mol. The molecule has 0 fully saturated rings. The first-order valence-electron chi connectivity index (χ1n) is 5.61. The summed E-state index contributed by atoms with van der Waals surface area (Å²) in [5.74, 6) is 1.38. The van der Waals surface area contributed by atoms with E-state index >= 15 is 0 Å². The quantitative estimate of drug-likeness (QED) is 0.773. The third-order valence-corrected chi connectivity index (χ3v) is 4.43. The highest BCUT2D eigenvalue weighted by atomic mass is 79.9. The van der Waals surface area contributed by atoms with Crippen LogP contribution in [0.15, 0.2) is 33.4 Å². The molecule has 5 heteroatoms. The van der Waals surface area contributed by atoms with Gasteiger partial charge >= 0.3 is 0 Å². The minimum Gasteiger partial charge on any atom is -0.493 e. The molecule has 0 saturated carbocycles. The van der Waals surface area contributed by atoms with Crippen LogP contribution in [0.5, 0.6) is 11.5 Å². The lowest BCUT2D eigenvalue weighted by molar-refractivity contribution is 0.0992. The van der Waals surface area contributed by atoms with Gasteiger partial charge in [-0.2, -0.15) is 11.3 Å². The van der Waals surface area contributed by atoms with E-state index in [4.69, 9.17) is 9.47 Å². The first-order valence-corrected chi connectivity index (χ1v) is 7.35. The molecule has 0 aliphatic heterocycles. The fourth-order valence-corrected chi connectivity index (χ4v) is 3.27. The SMILES string of the molecule is COc1ccc(CC(=O)c2cscc2Br)cc1OC. The molecule has 0 saturated heterocycles. The third-order valence-electron chi connectivity index (χ3n) is 2.73. The van der Waals surface area contributed by atoms with Crippen molar-refractivity contribution >= 4 is 33.0 Å². The molecule has 19 heavy (non-hydrogen) atoms. The van der Waals surface area contributed by atoms with Crippen molar-refractivity contribution in [3.8, 4) is 11.5 Å². The molecule has 0 atom stereocenters. The van der Waals surface area contributed by atoms with Crippen LogP contribution in [-0.2, 0) is 6.42 Å². The van der Waals surface area contributed by atoms with Gasteiger partial charge in [0.25, 0.3) is 0 Å². The molecule has 2 rings (SSSR count). The van der Waals surface area contributed by atoms with Crippen LogP contribution in [0, 0.1) is 0 Å². The number of hydrogen-bond donors (Lipinski definition) is 0. The molecule has 0 radical (unpaired) electrons. The van der Waals surface area contributed by atoms with E-state index in [1.165, 1.54) is 11.3 Å². The van der Waals surface area contributed by atoms with Gasteiger partial charge in [0.1, 0.15) is 0 Å². The van der Waals surface area contributed by atoms with Crippen LogP contribution in [0.3, 0.4) is 0 Å². The maximum absolute atomic E-state index is 12.2. The van der Waals surface area contributed by atoms with Crippen molar-refractivity contribution in [3.63, 3.8) is 0 Å². The lowest BCUT2D eigenvalue weighted by atomic mass is 10.0. The third kappa shape index (κ3) is 3.16. The normalized spacial score (nSPS) is 10.3. The van der Waals surface area contributed by atoms with Gasteiger partial charge in [-0.25, -0.2) is 0 Å². The Hall–Kier alpha value is -1.33. The summed E-state index contributed by atoms with van der Waals surface area (Å²) in [6.07, 6.45) is 0.343. The summed E-state index contributed by atoms with van der Waals surface area (Å²) in [6, 6.07) is 5.51. The second kappa shape index (κ2) is 6.21. The molecule has 1 aromatic carbocycles. The molecular weight excluding hydrogens is 328 g/mol. The van der Waals surface area contributed by atoms with Gasteiger partial charge in [0.05, 0.1) is 14.2 Å². The lowest BCUT2D eigenvalue weighted by Crippen LogP contribution is -2.03. The van der Waals surface area contributed by atoms with E-state index < -0.39 is 0 Å². The molecular formula is C14H13BrO3S. The largest absolute Gasteiger partial charge is 0.493 e. The highest BCUT2D eigenvalue weighted by Gasteiger charge is 2.13. The van der Waals surface area contributed by atoms with Crippen LogP contribution in [-0.4, -0.2) is 20.0 Å². The molecule has 100 valence electrons. The Morgan fingerprint density at radius 2 is 1.95 bits per heavy atom. The smallest absolute Gasteiger partial charge is 0.169 e. The number of benzene rings is 1. The highest BCUT2D eigenvalue weighted by Crippen LogP contribution is 2.29. The summed E-state index contributed by atoms with van der Waals surface area (Å²) in [5.41, 5.74) is 1.63. The number of thiophene rings is 1. The van der Waals surface area contributed by atoms with Gasteiger partial charge in [-0.1, -0.05) is 6.07 Å². The minimum absolute atomic E-state index is 0.0837. The number of rotatable bonds is 5. The Kier molecular flexibility index (Phi) is 4.61. The van der Waals surface area contributed by atoms with Crippen molar-refractivity contribution < 1.29 is 14.3 Å². The average molecular weight is 341 g/mol. The van der Waals surface area contributed by atoms with E-state index in [-0.39, 0.29) is 5.78 Å². The maximum atomic E-state index is 12.2. The molecule has 0 amide bonds. The topological polar surface area (TPSA) is 35.5 Å². The fraction of sp³-hybridized carbons (Fsp3) is 0.214. The van der Waals surface area contributed by atoms with Gasteiger partial charge in [0.2, 0.25) is 0 Å². The van der Waals surface area contributed by atoms with Crippen molar-refractivity contribution in [2.24, 2.45) is 0 Å². The van der Waals surface area contributed by atoms with Crippen molar-refractivity contribution in [1.82, 2.24) is 0 Å². The second-order valence-corrected chi connectivity index (χ2v) is 5.52. The van der Waals surface area contributed by atoms with Crippen LogP contribution in [0.1, 0.15) is 15.9 Å². The minimum atomic E-state index is 0.0837. The van der Waals surface area contributed by atoms with Gasteiger partial charge in [0.15, 0.2) is 17.3 Å². The van der Waals surface area contributed by atoms with Crippen LogP contribution in [0.4, 0.5) is 0 Å². The Morgan fingerprint density at radius 3 is 2.53 bits per heavy atom. The van der Waals surface area contributed by atoms with Crippen LogP contribution in [0.2, 0.25) is 0 Å². The Bertz CT molecular complexity index is 592. The van der Waals surface area contributed by atoms with Gasteiger partial charge in [-0.3, -0.25) is 4.79 Å². The van der Waals surface area contributed by atoms with Gasteiger partial charge in [-0.05, 0) is 33.6 Å². The Balaban J connectivity index is 2.20. The molecule has 0 spiro atoms. The molecule has 2 aromatic rings. The van der Waals surface area contributed by atoms with Gasteiger partial charge in [-0.15, -0.1) is 0 Å². The summed E-state index contributed by atoms with van der Waals surface area (Å²) < 4.78 is 11.3. The summed E-state index contributed by atoms with van der Waals surface area (Å²) >= 11 is 4.88. The number of methoxy groups -OCH3 is 2. The summed E-state index contributed by atoms with van der Waals surface area (Å²) in [5, 5.41) is 3.76. The first-order chi connectivity index (χ1) is 9.15. The number of Topliss-reactive ketones (excluding diaryl/α,β-unsaturated/α-hetero) is 1. The molecule has 0 aliphatic carbocycles. The molecule has 1 heterocycles. The standard InChI is InChI=1S/C14H13BrO3S/c1-17-13-4-3-9(6-14(13)18-2)5-12(16)10-7-19-8-11(10)15/h3-4,6-8H,5H2,1-2H3. The maximum Gasteiger partial charge on any atom is 0.169 e. The van der Waals surface area contributed by atoms with Gasteiger partial charge < -0.3 is 9.47 Å². The molecule has 0 N–H and O–H groups in total. The molecule has 0 bridgehead atoms. The molecule has 1 aromatic heterocycles. The predicted octanol–water partition coefficient (Wildman–Crippen LogP) is 3.95. The van der Waals surface area contributed by atoms with E-state index in [2.05, 4.69) is 15.9 Å². The molecule has 0 aliphatic rings. The monoisotopic (exact) mass is 340 g/mol. The van der Waals surface area contributed by atoms with Gasteiger partial charge in [0, 0.05) is 27.2 Å². The van der Waals surface area contributed by atoms with E-state index in [1.807, 2.05) is 29.0 Å². The zero-order valence-corrected chi connectivity index (χ0v) is 13.0. The second-order valence-electron chi connectivity index (χ2n) is 3.92. The van der Waals surface area contributed by atoms with E-state index in [0.717, 1.165) is 15.6 Å². The zero-order chi connectivity index (χ0) is 13.8. The number of carbonyl (C=O) groups excluding carboxylic acids is 1. The van der Waals surface area contributed by atoms with E-state index in [9.17, 15) is 4.79 Å². The van der Waals surface area contributed by atoms with Crippen molar-refractivity contribution in [1.29, 1.82) is 0 Å². The Morgan fingerprint density at radius 1 is 1.21 bits per heavy atom. The summed E-state index contributed by atoms with van der Waals surface area (Å²) in [6.45, 7) is 0. The van der Waals surface area contributed by atoms with E-state index in [1.54, 1.807) is 14.2 Å². The fourth-order valence-electron chi connectivity index (χ4n) is 1.75. The first kappa shape index (κ1) is 14.1. The lowest BCUT2D eigenvalue weighted by Gasteiger charge is -2.09. The molecule has 3 nitrogen and oxygen atoms in total. The number of hydrogen-bond acceptors (Lipinski definition) is 4. The highest BCUT2D eigenvalue weighted by molar-refractivity contribution is 9.10. The number of ketones is 1. The van der Waals surface area contributed by atoms with Crippen molar-refractivity contribution in [3.05, 3.63) is 44.6 Å². The molecule has 0 unspecified atom stereocenters. The van der Waals surface area contributed by atoms with Crippen LogP contribution in [0.25, 0.3) is 0 Å². The van der Waals surface area contributed by atoms with Crippen molar-refractivity contribution in [2.75, 3.05) is 14.2 Å². The van der Waals surface area contributed by atoms with Crippen molar-refractivity contribution in [2.45, 2.75) is 6.42 Å².